The molecule has 2 heterocycles. The molecule has 0 bridgehead atoms. The normalized spacial score (nSPS) is 16.0. The van der Waals surface area contributed by atoms with E-state index in [2.05, 4.69) is 76.7 Å². The molecule has 0 saturated carbocycles. The lowest BCUT2D eigenvalue weighted by Crippen LogP contribution is -2.46. The lowest BCUT2D eigenvalue weighted by atomic mass is 10.2. The number of thioether (sulfide) groups is 1. The van der Waals surface area contributed by atoms with Crippen molar-refractivity contribution in [2.75, 3.05) is 43.9 Å². The standard InChI is InChI=1S/C21H23N3S2/c1-25-18-9-10-19-20(16-18)26-21(22-19)24-14-12-23(13-15-24)11-5-8-17-6-3-2-4-7-17/h2-10,16H,11-15H2,1H3/b8-5+. The van der Waals surface area contributed by atoms with Gasteiger partial charge >= 0.3 is 0 Å². The molecular formula is C21H23N3S2. The molecule has 0 unspecified atom stereocenters. The fourth-order valence-corrected chi connectivity index (χ4v) is 4.75. The summed E-state index contributed by atoms with van der Waals surface area (Å²) >= 11 is 3.61. The van der Waals surface area contributed by atoms with Gasteiger partial charge in [-0.2, -0.15) is 0 Å². The third kappa shape index (κ3) is 4.11. The molecule has 0 amide bonds. The van der Waals surface area contributed by atoms with Gasteiger partial charge < -0.3 is 4.90 Å². The SMILES string of the molecule is CSc1ccc2nc(N3CCN(C/C=C/c4ccccc4)CC3)sc2c1. The van der Waals surface area contributed by atoms with Crippen molar-refractivity contribution in [3.05, 3.63) is 60.2 Å². The lowest BCUT2D eigenvalue weighted by molar-refractivity contribution is 0.284. The van der Waals surface area contributed by atoms with Gasteiger partial charge in [-0.15, -0.1) is 11.8 Å². The number of benzene rings is 2. The topological polar surface area (TPSA) is 19.4 Å². The summed E-state index contributed by atoms with van der Waals surface area (Å²) in [6.45, 7) is 5.29. The first-order valence-corrected chi connectivity index (χ1v) is 11.0. The molecule has 134 valence electrons. The number of nitrogens with zero attached hydrogens (tertiary/aromatic N) is 3. The van der Waals surface area contributed by atoms with Gasteiger partial charge in [-0.1, -0.05) is 53.8 Å². The van der Waals surface area contributed by atoms with E-state index in [1.54, 1.807) is 11.8 Å². The summed E-state index contributed by atoms with van der Waals surface area (Å²) in [6.07, 6.45) is 6.60. The van der Waals surface area contributed by atoms with Gasteiger partial charge in [0.1, 0.15) is 0 Å². The van der Waals surface area contributed by atoms with E-state index in [4.69, 9.17) is 4.98 Å². The van der Waals surface area contributed by atoms with Gasteiger partial charge in [0.25, 0.3) is 0 Å². The number of fused-ring (bicyclic) bond motifs is 1. The highest BCUT2D eigenvalue weighted by Gasteiger charge is 2.19. The Hall–Kier alpha value is -1.82. The Kier molecular flexibility index (Phi) is 5.58. The number of hydrogen-bond acceptors (Lipinski definition) is 5. The molecule has 5 heteroatoms. The Morgan fingerprint density at radius 2 is 1.88 bits per heavy atom. The van der Waals surface area contributed by atoms with E-state index in [0.717, 1.165) is 43.4 Å². The van der Waals surface area contributed by atoms with Crippen LogP contribution in [0, 0.1) is 0 Å². The van der Waals surface area contributed by atoms with E-state index < -0.39 is 0 Å². The van der Waals surface area contributed by atoms with Crippen molar-refractivity contribution in [2.45, 2.75) is 4.90 Å². The first kappa shape index (κ1) is 17.6. The van der Waals surface area contributed by atoms with Crippen LogP contribution in [0.3, 0.4) is 0 Å². The van der Waals surface area contributed by atoms with Crippen LogP contribution in [-0.2, 0) is 0 Å². The van der Waals surface area contributed by atoms with Crippen LogP contribution in [0.1, 0.15) is 5.56 Å². The van der Waals surface area contributed by atoms with E-state index in [0.29, 0.717) is 0 Å². The maximum Gasteiger partial charge on any atom is 0.186 e. The number of anilines is 1. The van der Waals surface area contributed by atoms with Crippen molar-refractivity contribution in [1.82, 2.24) is 9.88 Å². The molecule has 0 spiro atoms. The molecule has 0 atom stereocenters. The van der Waals surface area contributed by atoms with Crippen molar-refractivity contribution >= 4 is 44.5 Å². The maximum atomic E-state index is 4.84. The second kappa shape index (κ2) is 8.25. The molecule has 26 heavy (non-hydrogen) atoms. The van der Waals surface area contributed by atoms with Gasteiger partial charge in [0, 0.05) is 37.6 Å². The van der Waals surface area contributed by atoms with Crippen molar-refractivity contribution in [1.29, 1.82) is 0 Å². The Morgan fingerprint density at radius 3 is 2.65 bits per heavy atom. The van der Waals surface area contributed by atoms with Gasteiger partial charge in [-0.3, -0.25) is 4.90 Å². The molecule has 0 N–H and O–H groups in total. The molecule has 3 nitrogen and oxygen atoms in total. The second-order valence-corrected chi connectivity index (χ2v) is 8.32. The summed E-state index contributed by atoms with van der Waals surface area (Å²) in [5.74, 6) is 0. The number of rotatable bonds is 5. The van der Waals surface area contributed by atoms with E-state index in [1.165, 1.54) is 15.2 Å². The fourth-order valence-electron chi connectivity index (χ4n) is 3.18. The van der Waals surface area contributed by atoms with E-state index in [-0.39, 0.29) is 0 Å². The third-order valence-corrected chi connectivity index (χ3v) is 6.50. The quantitative estimate of drug-likeness (QED) is 0.588. The summed E-state index contributed by atoms with van der Waals surface area (Å²) in [7, 11) is 0. The largest absolute Gasteiger partial charge is 0.345 e. The first-order chi connectivity index (χ1) is 12.8. The van der Waals surface area contributed by atoms with Crippen LogP contribution in [0.5, 0.6) is 0 Å². The minimum absolute atomic E-state index is 1.01. The molecular weight excluding hydrogens is 358 g/mol. The minimum atomic E-state index is 1.01. The average molecular weight is 382 g/mol. The van der Waals surface area contributed by atoms with Crippen molar-refractivity contribution in [2.24, 2.45) is 0 Å². The number of hydrogen-bond donors (Lipinski definition) is 0. The van der Waals surface area contributed by atoms with Gasteiger partial charge in [0.2, 0.25) is 0 Å². The smallest absolute Gasteiger partial charge is 0.186 e. The lowest BCUT2D eigenvalue weighted by Gasteiger charge is -2.33. The van der Waals surface area contributed by atoms with Crippen LogP contribution in [0.2, 0.25) is 0 Å². The van der Waals surface area contributed by atoms with Crippen LogP contribution in [-0.4, -0.2) is 48.9 Å². The van der Waals surface area contributed by atoms with Crippen LogP contribution in [0.4, 0.5) is 5.13 Å². The summed E-state index contributed by atoms with van der Waals surface area (Å²) in [4.78, 5) is 11.1. The molecule has 1 aliphatic heterocycles. The Labute approximate surface area is 163 Å². The van der Waals surface area contributed by atoms with E-state index in [1.807, 2.05) is 11.3 Å². The molecule has 1 aromatic heterocycles. The fraction of sp³-hybridized carbons (Fsp3) is 0.286. The molecule has 1 aliphatic rings. The summed E-state index contributed by atoms with van der Waals surface area (Å²) in [6, 6.07) is 17.1. The zero-order valence-electron chi connectivity index (χ0n) is 15.0. The van der Waals surface area contributed by atoms with E-state index in [9.17, 15) is 0 Å². The van der Waals surface area contributed by atoms with Gasteiger partial charge in [0.15, 0.2) is 5.13 Å². The van der Waals surface area contributed by atoms with Gasteiger partial charge in [0.05, 0.1) is 10.2 Å². The van der Waals surface area contributed by atoms with Crippen molar-refractivity contribution in [3.63, 3.8) is 0 Å². The third-order valence-electron chi connectivity index (χ3n) is 4.70. The predicted molar refractivity (Wildman–Crippen MR) is 116 cm³/mol. The Bertz CT molecular complexity index is 881. The van der Waals surface area contributed by atoms with E-state index >= 15 is 0 Å². The van der Waals surface area contributed by atoms with Crippen LogP contribution in [0.15, 0.2) is 59.5 Å². The van der Waals surface area contributed by atoms with Gasteiger partial charge in [-0.25, -0.2) is 4.98 Å². The Morgan fingerprint density at radius 1 is 1.08 bits per heavy atom. The number of aromatic nitrogens is 1. The summed E-state index contributed by atoms with van der Waals surface area (Å²) < 4.78 is 1.29. The average Bonchev–Trinajstić information content (AvgIpc) is 3.12. The molecule has 2 aromatic carbocycles. The van der Waals surface area contributed by atoms with Crippen LogP contribution in [0.25, 0.3) is 16.3 Å². The van der Waals surface area contributed by atoms with Gasteiger partial charge in [-0.05, 0) is 30.0 Å². The molecule has 4 rings (SSSR count). The zero-order chi connectivity index (χ0) is 17.8. The number of piperazine rings is 1. The number of thiazole rings is 1. The molecule has 0 radical (unpaired) electrons. The van der Waals surface area contributed by atoms with Crippen molar-refractivity contribution < 1.29 is 0 Å². The molecule has 0 aliphatic carbocycles. The second-order valence-electron chi connectivity index (χ2n) is 6.43. The first-order valence-electron chi connectivity index (χ1n) is 8.95. The van der Waals surface area contributed by atoms with Crippen molar-refractivity contribution in [3.8, 4) is 0 Å². The van der Waals surface area contributed by atoms with Crippen LogP contribution < -0.4 is 4.90 Å². The minimum Gasteiger partial charge on any atom is -0.345 e. The zero-order valence-corrected chi connectivity index (χ0v) is 16.6. The highest BCUT2D eigenvalue weighted by molar-refractivity contribution is 7.98. The maximum absolute atomic E-state index is 4.84. The Balaban J connectivity index is 1.34. The highest BCUT2D eigenvalue weighted by Crippen LogP contribution is 2.31. The molecule has 3 aromatic rings. The molecule has 1 saturated heterocycles. The highest BCUT2D eigenvalue weighted by atomic mass is 32.2. The monoisotopic (exact) mass is 381 g/mol. The summed E-state index contributed by atoms with van der Waals surface area (Å²) in [5, 5.41) is 1.16. The van der Waals surface area contributed by atoms with Crippen LogP contribution >= 0.6 is 23.1 Å². The summed E-state index contributed by atoms with van der Waals surface area (Å²) in [5.41, 5.74) is 2.39. The molecule has 1 fully saturated rings. The predicted octanol–water partition coefficient (Wildman–Crippen LogP) is 4.85.